The van der Waals surface area contributed by atoms with E-state index in [1.54, 1.807) is 5.57 Å². The smallest absolute Gasteiger partial charge is 0.0696 e. The number of hydrogen-bond acceptors (Lipinski definition) is 2. The molecule has 0 aromatic carbocycles. The first kappa shape index (κ1) is 8.16. The highest BCUT2D eigenvalue weighted by Gasteiger charge is 2.43. The Morgan fingerprint density at radius 1 is 1.07 bits per heavy atom. The molecule has 1 heterocycles. The molecule has 0 radical (unpaired) electrons. The second kappa shape index (κ2) is 2.66. The highest BCUT2D eigenvalue weighted by Crippen LogP contribution is 2.56. The lowest BCUT2D eigenvalue weighted by atomic mass is 10.00. The maximum Gasteiger partial charge on any atom is 0.0696 e. The molecule has 2 aliphatic rings. The molecule has 2 atom stereocenters. The standard InChI is InChI=1S/C12H14N2/c1-7(2)10-8-3-4-9(10)12-11(8)13-5-6-14-12/h5-6,8-9H,3-4H2,1-2H3. The lowest BCUT2D eigenvalue weighted by Gasteiger charge is -2.10. The molecule has 1 aromatic rings. The van der Waals surface area contributed by atoms with Gasteiger partial charge in [-0.15, -0.1) is 0 Å². The number of allylic oxidation sites excluding steroid dienone is 2. The number of hydrogen-bond donors (Lipinski definition) is 0. The van der Waals surface area contributed by atoms with Crippen molar-refractivity contribution in [2.24, 2.45) is 0 Å². The lowest BCUT2D eigenvalue weighted by molar-refractivity contribution is 0.679. The van der Waals surface area contributed by atoms with Crippen LogP contribution in [0.2, 0.25) is 0 Å². The van der Waals surface area contributed by atoms with Crippen LogP contribution in [0.5, 0.6) is 0 Å². The number of aromatic nitrogens is 2. The van der Waals surface area contributed by atoms with Crippen LogP contribution in [0.15, 0.2) is 23.5 Å². The first-order chi connectivity index (χ1) is 6.79. The van der Waals surface area contributed by atoms with E-state index in [0.29, 0.717) is 11.8 Å². The fraction of sp³-hybridized carbons (Fsp3) is 0.500. The second-order valence-electron chi connectivity index (χ2n) is 4.46. The summed E-state index contributed by atoms with van der Waals surface area (Å²) in [5.41, 5.74) is 5.57. The molecule has 2 heteroatoms. The average Bonchev–Trinajstić information content (AvgIpc) is 2.73. The Balaban J connectivity index is 2.23. The largest absolute Gasteiger partial charge is 0.257 e. The van der Waals surface area contributed by atoms with Crippen LogP contribution >= 0.6 is 0 Å². The van der Waals surface area contributed by atoms with Crippen LogP contribution in [-0.2, 0) is 0 Å². The third kappa shape index (κ3) is 0.861. The first-order valence-electron chi connectivity index (χ1n) is 5.27. The van der Waals surface area contributed by atoms with Gasteiger partial charge in [-0.25, -0.2) is 0 Å². The Morgan fingerprint density at radius 3 is 2.00 bits per heavy atom. The van der Waals surface area contributed by atoms with Crippen molar-refractivity contribution in [2.45, 2.75) is 38.5 Å². The summed E-state index contributed by atoms with van der Waals surface area (Å²) in [4.78, 5) is 8.96. The molecule has 2 nitrogen and oxygen atoms in total. The van der Waals surface area contributed by atoms with Gasteiger partial charge in [0.2, 0.25) is 0 Å². The van der Waals surface area contributed by atoms with Crippen LogP contribution in [0.4, 0.5) is 0 Å². The van der Waals surface area contributed by atoms with Crippen molar-refractivity contribution in [3.8, 4) is 0 Å². The maximum absolute atomic E-state index is 4.48. The molecule has 0 aliphatic heterocycles. The highest BCUT2D eigenvalue weighted by molar-refractivity contribution is 5.48. The highest BCUT2D eigenvalue weighted by atomic mass is 14.8. The van der Waals surface area contributed by atoms with Gasteiger partial charge in [-0.3, -0.25) is 9.97 Å². The van der Waals surface area contributed by atoms with Gasteiger partial charge in [-0.05, 0) is 26.7 Å². The van der Waals surface area contributed by atoms with Gasteiger partial charge in [0.05, 0.1) is 11.4 Å². The fourth-order valence-corrected chi connectivity index (χ4v) is 3.05. The van der Waals surface area contributed by atoms with E-state index in [1.807, 2.05) is 12.4 Å². The second-order valence-corrected chi connectivity index (χ2v) is 4.46. The predicted molar refractivity (Wildman–Crippen MR) is 55.1 cm³/mol. The number of fused-ring (bicyclic) bond motifs is 5. The van der Waals surface area contributed by atoms with Crippen molar-refractivity contribution in [1.82, 2.24) is 9.97 Å². The summed E-state index contributed by atoms with van der Waals surface area (Å²) in [6, 6.07) is 0. The van der Waals surface area contributed by atoms with Crippen molar-refractivity contribution in [3.63, 3.8) is 0 Å². The van der Waals surface area contributed by atoms with E-state index >= 15 is 0 Å². The van der Waals surface area contributed by atoms with E-state index in [2.05, 4.69) is 23.8 Å². The zero-order valence-corrected chi connectivity index (χ0v) is 8.62. The monoisotopic (exact) mass is 186 g/mol. The molecule has 0 spiro atoms. The van der Waals surface area contributed by atoms with Gasteiger partial charge in [0.25, 0.3) is 0 Å². The zero-order chi connectivity index (χ0) is 9.71. The Labute approximate surface area is 84.1 Å². The summed E-state index contributed by atoms with van der Waals surface area (Å²) in [6.45, 7) is 4.43. The number of rotatable bonds is 0. The topological polar surface area (TPSA) is 25.8 Å². The summed E-state index contributed by atoms with van der Waals surface area (Å²) in [6.07, 6.45) is 6.19. The molecule has 2 unspecified atom stereocenters. The molecule has 3 rings (SSSR count). The molecule has 0 N–H and O–H groups in total. The molecular formula is C12H14N2. The van der Waals surface area contributed by atoms with E-state index in [9.17, 15) is 0 Å². The van der Waals surface area contributed by atoms with Crippen LogP contribution in [0, 0.1) is 0 Å². The molecule has 1 fully saturated rings. The maximum atomic E-state index is 4.48. The third-order valence-electron chi connectivity index (χ3n) is 3.49. The molecule has 14 heavy (non-hydrogen) atoms. The summed E-state index contributed by atoms with van der Waals surface area (Å²) < 4.78 is 0. The van der Waals surface area contributed by atoms with Gasteiger partial charge in [0.1, 0.15) is 0 Å². The fourth-order valence-electron chi connectivity index (χ4n) is 3.05. The molecule has 2 bridgehead atoms. The minimum atomic E-state index is 0.591. The summed E-state index contributed by atoms with van der Waals surface area (Å²) >= 11 is 0. The van der Waals surface area contributed by atoms with Gasteiger partial charge in [-0.2, -0.15) is 0 Å². The summed E-state index contributed by atoms with van der Waals surface area (Å²) in [7, 11) is 0. The van der Waals surface area contributed by atoms with Crippen molar-refractivity contribution >= 4 is 0 Å². The molecule has 72 valence electrons. The van der Waals surface area contributed by atoms with E-state index in [0.717, 1.165) is 0 Å². The van der Waals surface area contributed by atoms with Crippen LogP contribution in [0.25, 0.3) is 0 Å². The first-order valence-corrected chi connectivity index (χ1v) is 5.27. The van der Waals surface area contributed by atoms with Crippen LogP contribution < -0.4 is 0 Å². The zero-order valence-electron chi connectivity index (χ0n) is 8.62. The summed E-state index contributed by atoms with van der Waals surface area (Å²) in [5, 5.41) is 0. The van der Waals surface area contributed by atoms with Gasteiger partial charge in [0, 0.05) is 24.2 Å². The van der Waals surface area contributed by atoms with Crippen LogP contribution in [0.1, 0.15) is 49.9 Å². The lowest BCUT2D eigenvalue weighted by Crippen LogP contribution is -2.02. The van der Waals surface area contributed by atoms with Gasteiger partial charge in [-0.1, -0.05) is 11.1 Å². The van der Waals surface area contributed by atoms with Gasteiger partial charge in [0.15, 0.2) is 0 Å². The number of nitrogens with zero attached hydrogens (tertiary/aromatic N) is 2. The van der Waals surface area contributed by atoms with Crippen LogP contribution in [-0.4, -0.2) is 9.97 Å². The Kier molecular flexibility index (Phi) is 1.55. The predicted octanol–water partition coefficient (Wildman–Crippen LogP) is 2.79. The molecule has 0 amide bonds. The third-order valence-corrected chi connectivity index (χ3v) is 3.49. The van der Waals surface area contributed by atoms with E-state index in [4.69, 9.17) is 0 Å². The van der Waals surface area contributed by atoms with Crippen molar-refractivity contribution in [3.05, 3.63) is 34.9 Å². The summed E-state index contributed by atoms with van der Waals surface area (Å²) in [5.74, 6) is 1.18. The van der Waals surface area contributed by atoms with Gasteiger partial charge < -0.3 is 0 Å². The van der Waals surface area contributed by atoms with Crippen molar-refractivity contribution in [2.75, 3.05) is 0 Å². The van der Waals surface area contributed by atoms with E-state index in [-0.39, 0.29) is 0 Å². The quantitative estimate of drug-likeness (QED) is 0.582. The van der Waals surface area contributed by atoms with E-state index in [1.165, 1.54) is 29.8 Å². The molecular weight excluding hydrogens is 172 g/mol. The Morgan fingerprint density at radius 2 is 1.57 bits per heavy atom. The Bertz CT molecular complexity index is 383. The molecule has 1 saturated carbocycles. The SMILES string of the molecule is CC(C)=C1C2CCC1c1nccnc12. The normalized spacial score (nSPS) is 28.0. The van der Waals surface area contributed by atoms with E-state index < -0.39 is 0 Å². The van der Waals surface area contributed by atoms with Crippen molar-refractivity contribution in [1.29, 1.82) is 0 Å². The average molecular weight is 186 g/mol. The van der Waals surface area contributed by atoms with Crippen molar-refractivity contribution < 1.29 is 0 Å². The Hall–Kier alpha value is -1.18. The molecule has 1 aromatic heterocycles. The minimum Gasteiger partial charge on any atom is -0.257 e. The minimum absolute atomic E-state index is 0.591. The molecule has 2 aliphatic carbocycles. The van der Waals surface area contributed by atoms with Gasteiger partial charge >= 0.3 is 0 Å². The molecule has 0 saturated heterocycles. The van der Waals surface area contributed by atoms with Crippen LogP contribution in [0.3, 0.4) is 0 Å².